The Balaban J connectivity index is 0.00000200. The summed E-state index contributed by atoms with van der Waals surface area (Å²) in [5.74, 6) is -0.0766. The van der Waals surface area contributed by atoms with Crippen LogP contribution >= 0.6 is 24.8 Å². The molecule has 0 saturated carbocycles. The molecule has 1 unspecified atom stereocenters. The molecule has 2 aromatic heterocycles. The molecule has 0 fully saturated rings. The van der Waals surface area contributed by atoms with Gasteiger partial charge in [-0.1, -0.05) is 0 Å². The Morgan fingerprint density at radius 2 is 2.00 bits per heavy atom. The maximum Gasteiger partial charge on any atom is 0.242 e. The largest absolute Gasteiger partial charge is 0.350 e. The molecule has 116 valence electrons. The van der Waals surface area contributed by atoms with Crippen molar-refractivity contribution in [3.8, 4) is 0 Å². The Labute approximate surface area is 136 Å². The number of hydrogen-bond donors (Lipinski definition) is 2. The van der Waals surface area contributed by atoms with Crippen molar-refractivity contribution in [1.29, 1.82) is 0 Å². The zero-order valence-corrected chi connectivity index (χ0v) is 13.4. The molecule has 0 aliphatic heterocycles. The third kappa shape index (κ3) is 5.34. The van der Waals surface area contributed by atoms with Gasteiger partial charge >= 0.3 is 0 Å². The van der Waals surface area contributed by atoms with Crippen molar-refractivity contribution < 1.29 is 4.79 Å². The molecule has 1 amide bonds. The molecule has 2 rings (SSSR count). The number of carbonyl (C=O) groups is 1. The van der Waals surface area contributed by atoms with E-state index in [2.05, 4.69) is 20.7 Å². The molecule has 8 heteroatoms. The molecule has 0 saturated heterocycles. The molecule has 2 N–H and O–H groups in total. The van der Waals surface area contributed by atoms with E-state index >= 15 is 0 Å². The summed E-state index contributed by atoms with van der Waals surface area (Å²) in [4.78, 5) is 16.1. The molecular weight excluding hydrogens is 313 g/mol. The molecule has 0 bridgehead atoms. The summed E-state index contributed by atoms with van der Waals surface area (Å²) in [6.45, 7) is 0.486. The lowest BCUT2D eigenvalue weighted by Gasteiger charge is -2.14. The van der Waals surface area contributed by atoms with Gasteiger partial charge in [0.2, 0.25) is 5.91 Å². The van der Waals surface area contributed by atoms with E-state index < -0.39 is 6.04 Å². The third-order valence-electron chi connectivity index (χ3n) is 2.83. The minimum Gasteiger partial charge on any atom is -0.350 e. The molecule has 2 aromatic rings. The lowest BCUT2D eigenvalue weighted by Crippen LogP contribution is -2.35. The Hall–Kier alpha value is -1.63. The van der Waals surface area contributed by atoms with E-state index in [1.807, 2.05) is 25.4 Å². The van der Waals surface area contributed by atoms with Gasteiger partial charge in [-0.15, -0.1) is 24.8 Å². The van der Waals surface area contributed by atoms with Gasteiger partial charge in [0.1, 0.15) is 6.04 Å². The quantitative estimate of drug-likeness (QED) is 0.864. The van der Waals surface area contributed by atoms with Crippen molar-refractivity contribution in [2.75, 3.05) is 7.05 Å². The normalized spacial score (nSPS) is 11.0. The monoisotopic (exact) mass is 331 g/mol. The summed E-state index contributed by atoms with van der Waals surface area (Å²) in [5, 5.41) is 9.96. The van der Waals surface area contributed by atoms with Crippen LogP contribution in [0.25, 0.3) is 0 Å². The minimum absolute atomic E-state index is 0. The zero-order chi connectivity index (χ0) is 13.7. The fourth-order valence-electron chi connectivity index (χ4n) is 1.83. The van der Waals surface area contributed by atoms with Crippen LogP contribution in [0.4, 0.5) is 0 Å². The zero-order valence-electron chi connectivity index (χ0n) is 11.8. The standard InChI is InChI=1S/C13H17N5O.2ClH/c1-14-12(11-8-17-18(2)9-11)13(19)16-7-10-3-5-15-6-4-10;;/h3-6,8-9,12,14H,7H2,1-2H3,(H,16,19);2*1H. The number of likely N-dealkylation sites (N-methyl/N-ethyl adjacent to an activating group) is 1. The van der Waals surface area contributed by atoms with Gasteiger partial charge in [-0.05, 0) is 24.7 Å². The van der Waals surface area contributed by atoms with E-state index in [1.54, 1.807) is 30.3 Å². The molecule has 2 heterocycles. The Kier molecular flexibility index (Phi) is 8.61. The lowest BCUT2D eigenvalue weighted by atomic mass is 10.1. The molecule has 0 aliphatic rings. The lowest BCUT2D eigenvalue weighted by molar-refractivity contribution is -0.123. The smallest absolute Gasteiger partial charge is 0.242 e. The van der Waals surface area contributed by atoms with E-state index in [9.17, 15) is 4.79 Å². The van der Waals surface area contributed by atoms with Crippen molar-refractivity contribution in [3.05, 3.63) is 48.0 Å². The number of amides is 1. The first kappa shape index (κ1) is 19.4. The number of aryl methyl sites for hydroxylation is 1. The van der Waals surface area contributed by atoms with Crippen LogP contribution in [-0.4, -0.2) is 27.7 Å². The Bertz CT molecular complexity index is 547. The Morgan fingerprint density at radius 3 is 2.52 bits per heavy atom. The second kappa shape index (κ2) is 9.33. The van der Waals surface area contributed by atoms with Gasteiger partial charge < -0.3 is 10.6 Å². The SMILES string of the molecule is CNC(C(=O)NCc1ccncc1)c1cnn(C)c1.Cl.Cl. The molecule has 0 aliphatic carbocycles. The summed E-state index contributed by atoms with van der Waals surface area (Å²) in [6, 6.07) is 3.35. The maximum atomic E-state index is 12.1. The summed E-state index contributed by atoms with van der Waals surface area (Å²) >= 11 is 0. The highest BCUT2D eigenvalue weighted by molar-refractivity contribution is 5.85. The first-order valence-electron chi connectivity index (χ1n) is 6.03. The second-order valence-corrected chi connectivity index (χ2v) is 4.24. The molecule has 0 aromatic carbocycles. The number of nitrogens with zero attached hydrogens (tertiary/aromatic N) is 3. The molecule has 21 heavy (non-hydrogen) atoms. The summed E-state index contributed by atoms with van der Waals surface area (Å²) in [7, 11) is 3.58. The fourth-order valence-corrected chi connectivity index (χ4v) is 1.83. The first-order valence-corrected chi connectivity index (χ1v) is 6.03. The van der Waals surface area contributed by atoms with Crippen LogP contribution in [0.5, 0.6) is 0 Å². The molecular formula is C13H19Cl2N5O. The average molecular weight is 332 g/mol. The van der Waals surface area contributed by atoms with Gasteiger partial charge in [0.05, 0.1) is 6.20 Å². The number of nitrogens with one attached hydrogen (secondary N) is 2. The summed E-state index contributed by atoms with van der Waals surface area (Å²) in [6.07, 6.45) is 6.93. The average Bonchev–Trinajstić information content (AvgIpc) is 2.85. The number of pyridine rings is 1. The highest BCUT2D eigenvalue weighted by atomic mass is 35.5. The highest BCUT2D eigenvalue weighted by Crippen LogP contribution is 2.11. The molecule has 6 nitrogen and oxygen atoms in total. The fraction of sp³-hybridized carbons (Fsp3) is 0.308. The van der Waals surface area contributed by atoms with Crippen LogP contribution in [0.15, 0.2) is 36.9 Å². The van der Waals surface area contributed by atoms with E-state index in [4.69, 9.17) is 0 Å². The van der Waals surface area contributed by atoms with Gasteiger partial charge in [-0.25, -0.2) is 0 Å². The van der Waals surface area contributed by atoms with Crippen LogP contribution in [0.1, 0.15) is 17.2 Å². The van der Waals surface area contributed by atoms with Crippen molar-refractivity contribution in [3.63, 3.8) is 0 Å². The summed E-state index contributed by atoms with van der Waals surface area (Å²) < 4.78 is 1.68. The predicted octanol–water partition coefficient (Wildman–Crippen LogP) is 1.24. The van der Waals surface area contributed by atoms with Crippen molar-refractivity contribution >= 4 is 30.7 Å². The first-order chi connectivity index (χ1) is 9.20. The van der Waals surface area contributed by atoms with E-state index in [-0.39, 0.29) is 30.7 Å². The van der Waals surface area contributed by atoms with Gasteiger partial charge in [-0.3, -0.25) is 14.5 Å². The number of rotatable bonds is 5. The van der Waals surface area contributed by atoms with Crippen molar-refractivity contribution in [2.45, 2.75) is 12.6 Å². The molecule has 0 spiro atoms. The van der Waals surface area contributed by atoms with Gasteiger partial charge in [0.25, 0.3) is 0 Å². The number of halogens is 2. The summed E-state index contributed by atoms with van der Waals surface area (Å²) in [5.41, 5.74) is 1.86. The third-order valence-corrected chi connectivity index (χ3v) is 2.83. The Morgan fingerprint density at radius 1 is 1.33 bits per heavy atom. The van der Waals surface area contributed by atoms with Gasteiger partial charge in [0, 0.05) is 37.7 Å². The topological polar surface area (TPSA) is 71.8 Å². The van der Waals surface area contributed by atoms with E-state index in [0.29, 0.717) is 6.54 Å². The number of carbonyl (C=O) groups excluding carboxylic acids is 1. The maximum absolute atomic E-state index is 12.1. The predicted molar refractivity (Wildman–Crippen MR) is 85.6 cm³/mol. The van der Waals surface area contributed by atoms with Crippen molar-refractivity contribution in [1.82, 2.24) is 25.4 Å². The van der Waals surface area contributed by atoms with Crippen LogP contribution in [0.3, 0.4) is 0 Å². The van der Waals surface area contributed by atoms with Gasteiger partial charge in [-0.2, -0.15) is 5.10 Å². The van der Waals surface area contributed by atoms with Crippen LogP contribution in [0.2, 0.25) is 0 Å². The van der Waals surface area contributed by atoms with E-state index in [0.717, 1.165) is 11.1 Å². The van der Waals surface area contributed by atoms with Crippen molar-refractivity contribution in [2.24, 2.45) is 7.05 Å². The van der Waals surface area contributed by atoms with Gasteiger partial charge in [0.15, 0.2) is 0 Å². The van der Waals surface area contributed by atoms with Crippen LogP contribution < -0.4 is 10.6 Å². The van der Waals surface area contributed by atoms with Crippen LogP contribution in [0, 0.1) is 0 Å². The minimum atomic E-state index is -0.393. The number of hydrogen-bond acceptors (Lipinski definition) is 4. The van der Waals surface area contributed by atoms with E-state index in [1.165, 1.54) is 0 Å². The second-order valence-electron chi connectivity index (χ2n) is 4.24. The number of aromatic nitrogens is 3. The molecule has 0 radical (unpaired) electrons. The molecule has 1 atom stereocenters. The van der Waals surface area contributed by atoms with Crippen LogP contribution in [-0.2, 0) is 18.4 Å². The highest BCUT2D eigenvalue weighted by Gasteiger charge is 2.19.